The minimum atomic E-state index is -1.28. The van der Waals surface area contributed by atoms with E-state index in [1.807, 2.05) is 0 Å². The van der Waals surface area contributed by atoms with Gasteiger partial charge in [-0.2, -0.15) is 0 Å². The molecule has 8 heteroatoms. The van der Waals surface area contributed by atoms with Gasteiger partial charge in [0.1, 0.15) is 0 Å². The van der Waals surface area contributed by atoms with Crippen molar-refractivity contribution in [2.45, 2.75) is 6.42 Å². The molecule has 2 unspecified atom stereocenters. The molecule has 2 N–H and O–H groups in total. The van der Waals surface area contributed by atoms with Gasteiger partial charge in [-0.1, -0.05) is 0 Å². The van der Waals surface area contributed by atoms with Gasteiger partial charge in [-0.3, -0.25) is 19.4 Å². The SMILES string of the molecule is O=C(O)C1CCN(C(=O)c2ccncc2F)CC1C(=O)O. The molecule has 1 fully saturated rings. The van der Waals surface area contributed by atoms with E-state index in [-0.39, 0.29) is 25.1 Å². The van der Waals surface area contributed by atoms with Crippen LogP contribution < -0.4 is 0 Å². The first-order valence-electron chi connectivity index (χ1n) is 6.26. The molecule has 1 aliphatic heterocycles. The van der Waals surface area contributed by atoms with Crippen molar-refractivity contribution in [1.29, 1.82) is 0 Å². The lowest BCUT2D eigenvalue weighted by Crippen LogP contribution is -2.48. The van der Waals surface area contributed by atoms with Crippen LogP contribution in [0.4, 0.5) is 4.39 Å². The lowest BCUT2D eigenvalue weighted by atomic mass is 9.85. The smallest absolute Gasteiger partial charge is 0.309 e. The fourth-order valence-corrected chi connectivity index (χ4v) is 2.40. The maximum Gasteiger partial charge on any atom is 0.309 e. The predicted octanol–water partition coefficient (Wildman–Crippen LogP) is 0.468. The van der Waals surface area contributed by atoms with Crippen LogP contribution >= 0.6 is 0 Å². The van der Waals surface area contributed by atoms with E-state index >= 15 is 0 Å². The minimum Gasteiger partial charge on any atom is -0.481 e. The van der Waals surface area contributed by atoms with Gasteiger partial charge in [-0.05, 0) is 12.5 Å². The molecule has 1 aliphatic rings. The molecule has 2 atom stereocenters. The lowest BCUT2D eigenvalue weighted by molar-refractivity contribution is -0.156. The molecule has 0 spiro atoms. The number of amides is 1. The molecular formula is C13H13FN2O5. The summed E-state index contributed by atoms with van der Waals surface area (Å²) in [6.07, 6.45) is 2.17. The number of halogens is 1. The van der Waals surface area contributed by atoms with Gasteiger partial charge in [0, 0.05) is 19.3 Å². The Morgan fingerprint density at radius 2 is 1.90 bits per heavy atom. The summed E-state index contributed by atoms with van der Waals surface area (Å²) < 4.78 is 13.5. The molecule has 0 radical (unpaired) electrons. The molecule has 2 heterocycles. The molecule has 1 aromatic rings. The van der Waals surface area contributed by atoms with Crippen molar-refractivity contribution in [3.8, 4) is 0 Å². The number of carboxylic acids is 2. The number of rotatable bonds is 3. The van der Waals surface area contributed by atoms with Crippen LogP contribution in [-0.4, -0.2) is 51.0 Å². The molecule has 7 nitrogen and oxygen atoms in total. The van der Waals surface area contributed by atoms with E-state index in [1.54, 1.807) is 0 Å². The number of carbonyl (C=O) groups is 3. The second-order valence-corrected chi connectivity index (χ2v) is 4.78. The van der Waals surface area contributed by atoms with Crippen molar-refractivity contribution in [2.75, 3.05) is 13.1 Å². The maximum absolute atomic E-state index is 13.5. The molecule has 2 rings (SSSR count). The highest BCUT2D eigenvalue weighted by molar-refractivity contribution is 5.95. The van der Waals surface area contributed by atoms with Gasteiger partial charge in [-0.15, -0.1) is 0 Å². The van der Waals surface area contributed by atoms with E-state index < -0.39 is 35.5 Å². The Hall–Kier alpha value is -2.51. The minimum absolute atomic E-state index is 0.0186. The maximum atomic E-state index is 13.5. The van der Waals surface area contributed by atoms with Crippen LogP contribution in [0.25, 0.3) is 0 Å². The van der Waals surface area contributed by atoms with Gasteiger partial charge in [0.25, 0.3) is 5.91 Å². The van der Waals surface area contributed by atoms with Crippen molar-refractivity contribution >= 4 is 17.8 Å². The van der Waals surface area contributed by atoms with Crippen molar-refractivity contribution in [1.82, 2.24) is 9.88 Å². The third-order valence-corrected chi connectivity index (χ3v) is 3.54. The van der Waals surface area contributed by atoms with Gasteiger partial charge in [0.2, 0.25) is 0 Å². The zero-order chi connectivity index (χ0) is 15.6. The first kappa shape index (κ1) is 14.9. The number of carbonyl (C=O) groups excluding carboxylic acids is 1. The average molecular weight is 296 g/mol. The van der Waals surface area contributed by atoms with Crippen LogP contribution in [0.2, 0.25) is 0 Å². The number of hydrogen-bond donors (Lipinski definition) is 2. The zero-order valence-corrected chi connectivity index (χ0v) is 10.9. The Kier molecular flexibility index (Phi) is 4.15. The molecule has 0 saturated carbocycles. The summed E-state index contributed by atoms with van der Waals surface area (Å²) in [5.41, 5.74) is -0.206. The highest BCUT2D eigenvalue weighted by atomic mass is 19.1. The quantitative estimate of drug-likeness (QED) is 0.839. The van der Waals surface area contributed by atoms with Crippen LogP contribution in [0.1, 0.15) is 16.8 Å². The third kappa shape index (κ3) is 2.99. The lowest BCUT2D eigenvalue weighted by Gasteiger charge is -2.34. The summed E-state index contributed by atoms with van der Waals surface area (Å²) in [5.74, 6) is -6.20. The van der Waals surface area contributed by atoms with E-state index in [0.29, 0.717) is 0 Å². The average Bonchev–Trinajstić information content (AvgIpc) is 2.46. The standard InChI is InChI=1S/C13H13FN2O5/c14-10-5-15-3-1-8(10)11(17)16-4-2-7(12(18)19)9(6-16)13(20)21/h1,3,5,7,9H,2,4,6H2,(H,18,19)(H,20,21). The fraction of sp³-hybridized carbons (Fsp3) is 0.385. The van der Waals surface area contributed by atoms with Gasteiger partial charge in [-0.25, -0.2) is 4.39 Å². The Bertz CT molecular complexity index is 592. The summed E-state index contributed by atoms with van der Waals surface area (Å²) in [6.45, 7) is -0.186. The van der Waals surface area contributed by atoms with Gasteiger partial charge >= 0.3 is 11.9 Å². The van der Waals surface area contributed by atoms with Gasteiger partial charge in [0.05, 0.1) is 23.6 Å². The van der Waals surface area contributed by atoms with Crippen LogP contribution in [0.5, 0.6) is 0 Å². The first-order valence-corrected chi connectivity index (χ1v) is 6.26. The van der Waals surface area contributed by atoms with Crippen molar-refractivity contribution in [3.05, 3.63) is 29.8 Å². The second kappa shape index (κ2) is 5.86. The van der Waals surface area contributed by atoms with Crippen LogP contribution in [0, 0.1) is 17.7 Å². The van der Waals surface area contributed by atoms with Crippen molar-refractivity contribution in [2.24, 2.45) is 11.8 Å². The number of carboxylic acid groups (broad SMARTS) is 2. The van der Waals surface area contributed by atoms with Gasteiger partial charge < -0.3 is 15.1 Å². The number of likely N-dealkylation sites (tertiary alicyclic amines) is 1. The predicted molar refractivity (Wildman–Crippen MR) is 67.0 cm³/mol. The summed E-state index contributed by atoms with van der Waals surface area (Å²) in [6, 6.07) is 1.21. The van der Waals surface area contributed by atoms with E-state index in [1.165, 1.54) is 12.3 Å². The molecule has 21 heavy (non-hydrogen) atoms. The topological polar surface area (TPSA) is 108 Å². The Balaban J connectivity index is 2.20. The summed E-state index contributed by atoms with van der Waals surface area (Å²) >= 11 is 0. The monoisotopic (exact) mass is 296 g/mol. The van der Waals surface area contributed by atoms with Crippen molar-refractivity contribution < 1.29 is 29.0 Å². The number of hydrogen-bond acceptors (Lipinski definition) is 4. The second-order valence-electron chi connectivity index (χ2n) is 4.78. The molecule has 112 valence electrons. The van der Waals surface area contributed by atoms with E-state index in [9.17, 15) is 18.8 Å². The first-order chi connectivity index (χ1) is 9.91. The van der Waals surface area contributed by atoms with Gasteiger partial charge in [0.15, 0.2) is 5.82 Å². The Morgan fingerprint density at radius 3 is 2.48 bits per heavy atom. The normalized spacial score (nSPS) is 21.9. The number of aromatic nitrogens is 1. The number of nitrogens with zero attached hydrogens (tertiary/aromatic N) is 2. The summed E-state index contributed by atoms with van der Waals surface area (Å²) in [4.78, 5) is 39.1. The molecular weight excluding hydrogens is 283 g/mol. The molecule has 0 bridgehead atoms. The van der Waals surface area contributed by atoms with Crippen LogP contribution in [0.3, 0.4) is 0 Å². The summed E-state index contributed by atoms with van der Waals surface area (Å²) in [5, 5.41) is 18.1. The number of aliphatic carboxylic acids is 2. The zero-order valence-electron chi connectivity index (χ0n) is 10.9. The third-order valence-electron chi connectivity index (χ3n) is 3.54. The van der Waals surface area contributed by atoms with E-state index in [0.717, 1.165) is 11.1 Å². The molecule has 0 aliphatic carbocycles. The molecule has 1 amide bonds. The molecule has 1 aromatic heterocycles. The van der Waals surface area contributed by atoms with Crippen molar-refractivity contribution in [3.63, 3.8) is 0 Å². The molecule has 0 aromatic carbocycles. The molecule has 1 saturated heterocycles. The van der Waals surface area contributed by atoms with Crippen LogP contribution in [0.15, 0.2) is 18.5 Å². The van der Waals surface area contributed by atoms with E-state index in [4.69, 9.17) is 10.2 Å². The Morgan fingerprint density at radius 1 is 1.24 bits per heavy atom. The van der Waals surface area contributed by atoms with Crippen LogP contribution in [-0.2, 0) is 9.59 Å². The largest absolute Gasteiger partial charge is 0.481 e. The highest BCUT2D eigenvalue weighted by Gasteiger charge is 2.40. The Labute approximate surface area is 119 Å². The number of piperidine rings is 1. The highest BCUT2D eigenvalue weighted by Crippen LogP contribution is 2.25. The summed E-state index contributed by atoms with van der Waals surface area (Å²) in [7, 11) is 0. The number of pyridine rings is 1. The van der Waals surface area contributed by atoms with E-state index in [2.05, 4.69) is 4.98 Å². The fourth-order valence-electron chi connectivity index (χ4n) is 2.40.